The normalized spacial score (nSPS) is 23.3. The van der Waals surface area contributed by atoms with Crippen LogP contribution in [0.25, 0.3) is 0 Å². The number of sulfone groups is 1. The molecule has 1 N–H and O–H groups in total. The number of carboxylic acid groups (broad SMARTS) is 1. The van der Waals surface area contributed by atoms with E-state index in [0.29, 0.717) is 6.07 Å². The second-order valence-electron chi connectivity index (χ2n) is 10.9. The van der Waals surface area contributed by atoms with E-state index in [9.17, 15) is 58.2 Å². The molecule has 16 heteroatoms. The van der Waals surface area contributed by atoms with Gasteiger partial charge in [-0.25, -0.2) is 22.0 Å². The number of alkyl halides is 7. The van der Waals surface area contributed by atoms with Crippen LogP contribution in [-0.4, -0.2) is 73.4 Å². The maximum absolute atomic E-state index is 14.9. The minimum atomic E-state index is -6.39. The number of carbonyl (C=O) groups excluding carboxylic acids is 1. The summed E-state index contributed by atoms with van der Waals surface area (Å²) in [5.41, 5.74) is -8.03. The smallest absolute Gasteiger partial charge is 0.435 e. The second-order valence-corrected chi connectivity index (χ2v) is 13.1. The highest BCUT2D eigenvalue weighted by molar-refractivity contribution is 7.92. The van der Waals surface area contributed by atoms with Crippen LogP contribution >= 0.6 is 0 Å². The zero-order valence-corrected chi connectivity index (χ0v) is 22.9. The fraction of sp³-hybridized carbons (Fsp3) is 0.481. The molecule has 0 aromatic heterocycles. The Morgan fingerprint density at radius 1 is 0.884 bits per heavy atom. The Morgan fingerprint density at radius 2 is 1.47 bits per heavy atom. The number of urea groups is 1. The van der Waals surface area contributed by atoms with Gasteiger partial charge in [-0.15, -0.1) is 0 Å². The predicted octanol–water partition coefficient (Wildman–Crippen LogP) is 5.33. The van der Waals surface area contributed by atoms with Crippen molar-refractivity contribution < 1.29 is 58.2 Å². The zero-order valence-electron chi connectivity index (χ0n) is 22.1. The van der Waals surface area contributed by atoms with Crippen LogP contribution in [0.5, 0.6) is 0 Å². The van der Waals surface area contributed by atoms with Crippen LogP contribution in [0.3, 0.4) is 0 Å². The van der Waals surface area contributed by atoms with Crippen LogP contribution in [0.1, 0.15) is 36.0 Å². The third kappa shape index (κ3) is 4.54. The first kappa shape index (κ1) is 31.0. The van der Waals surface area contributed by atoms with Gasteiger partial charge in [0.2, 0.25) is 0 Å². The number of benzene rings is 2. The number of aliphatic carboxylic acids is 1. The number of hydrogen-bond donors (Lipinski definition) is 1. The molecule has 7 nitrogen and oxygen atoms in total. The summed E-state index contributed by atoms with van der Waals surface area (Å²) in [4.78, 5) is 27.0. The number of carbonyl (C=O) groups is 2. The molecule has 0 bridgehead atoms. The highest BCUT2D eigenvalue weighted by Gasteiger charge is 2.74. The Labute approximate surface area is 240 Å². The van der Waals surface area contributed by atoms with E-state index in [0.717, 1.165) is 35.2 Å². The number of amides is 2. The minimum Gasteiger partial charge on any atom is -0.481 e. The monoisotopic (exact) mass is 640 g/mol. The first-order valence-electron chi connectivity index (χ1n) is 13.1. The molecule has 5 rings (SSSR count). The van der Waals surface area contributed by atoms with Crippen LogP contribution < -0.4 is 0 Å². The van der Waals surface area contributed by atoms with E-state index in [1.54, 1.807) is 0 Å². The van der Waals surface area contributed by atoms with E-state index in [1.807, 2.05) is 0 Å². The molecule has 2 aromatic rings. The van der Waals surface area contributed by atoms with Crippen LogP contribution in [0.15, 0.2) is 47.4 Å². The summed E-state index contributed by atoms with van der Waals surface area (Å²) in [5.74, 6) is -2.50. The number of likely N-dealkylation sites (tertiary alicyclic amines) is 2. The molecule has 1 aliphatic carbocycles. The molecule has 2 aromatic carbocycles. The van der Waals surface area contributed by atoms with Gasteiger partial charge in [-0.3, -0.25) is 4.79 Å². The molecule has 43 heavy (non-hydrogen) atoms. The van der Waals surface area contributed by atoms with Crippen molar-refractivity contribution in [3.63, 3.8) is 0 Å². The van der Waals surface area contributed by atoms with Gasteiger partial charge >= 0.3 is 30.0 Å². The highest BCUT2D eigenvalue weighted by atomic mass is 32.2. The standard InChI is InChI=1S/C27H24F8N2O5S/c28-18-2-4-19(5-3-18)43(41,42)24-9-12-37(23(40)36-10-7-15(8-11-36)22(38)39)21(24)14-16-13-17(1-6-20(16)24)25(29,26(30,31)32)27(33,34)35/h1-6,13,15,21H,7-12,14H2,(H,38,39). The summed E-state index contributed by atoms with van der Waals surface area (Å²) in [5, 5.41) is 9.26. The van der Waals surface area contributed by atoms with Crippen molar-refractivity contribution in [2.24, 2.45) is 5.92 Å². The zero-order chi connectivity index (χ0) is 31.8. The van der Waals surface area contributed by atoms with Crippen molar-refractivity contribution in [2.75, 3.05) is 19.6 Å². The van der Waals surface area contributed by atoms with E-state index in [2.05, 4.69) is 0 Å². The number of carboxylic acids is 1. The van der Waals surface area contributed by atoms with E-state index < -0.39 is 79.3 Å². The van der Waals surface area contributed by atoms with Gasteiger partial charge in [-0.2, -0.15) is 26.3 Å². The Balaban J connectivity index is 1.61. The average Bonchev–Trinajstić information content (AvgIpc) is 3.47. The first-order valence-corrected chi connectivity index (χ1v) is 14.6. The molecule has 2 heterocycles. The number of halogens is 8. The first-order chi connectivity index (χ1) is 19.9. The Morgan fingerprint density at radius 3 is 2.00 bits per heavy atom. The van der Waals surface area contributed by atoms with Gasteiger partial charge in [0, 0.05) is 25.2 Å². The number of rotatable bonds is 4. The third-order valence-electron chi connectivity index (χ3n) is 8.76. The number of piperidine rings is 1. The largest absolute Gasteiger partial charge is 0.481 e. The van der Waals surface area contributed by atoms with Crippen LogP contribution in [0, 0.1) is 11.7 Å². The Hall–Kier alpha value is -3.43. The molecule has 0 radical (unpaired) electrons. The lowest BCUT2D eigenvalue weighted by Gasteiger charge is -2.37. The molecule has 3 aliphatic rings. The van der Waals surface area contributed by atoms with Crippen LogP contribution in [0.4, 0.5) is 39.9 Å². The van der Waals surface area contributed by atoms with Gasteiger partial charge in [-0.05, 0) is 61.1 Å². The highest BCUT2D eigenvalue weighted by Crippen LogP contribution is 2.57. The Kier molecular flexibility index (Phi) is 7.25. The van der Waals surface area contributed by atoms with E-state index in [4.69, 9.17) is 0 Å². The summed E-state index contributed by atoms with van der Waals surface area (Å²) in [6, 6.07) is 2.99. The number of fused-ring (bicyclic) bond motifs is 3. The molecular weight excluding hydrogens is 616 g/mol. The lowest BCUT2D eigenvalue weighted by Crippen LogP contribution is -2.52. The summed E-state index contributed by atoms with van der Waals surface area (Å²) in [6.45, 7) is -0.118. The summed E-state index contributed by atoms with van der Waals surface area (Å²) >= 11 is 0. The predicted molar refractivity (Wildman–Crippen MR) is 133 cm³/mol. The molecule has 2 unspecified atom stereocenters. The van der Waals surface area contributed by atoms with Crippen LogP contribution in [0.2, 0.25) is 0 Å². The molecule has 234 valence electrons. The molecule has 0 spiro atoms. The quantitative estimate of drug-likeness (QED) is 0.360. The summed E-state index contributed by atoms with van der Waals surface area (Å²) < 4.78 is 136. The van der Waals surface area contributed by atoms with E-state index >= 15 is 0 Å². The average molecular weight is 641 g/mol. The summed E-state index contributed by atoms with van der Waals surface area (Å²) in [6.07, 6.45) is -13.4. The molecule has 2 amide bonds. The van der Waals surface area contributed by atoms with Gasteiger partial charge < -0.3 is 14.9 Å². The van der Waals surface area contributed by atoms with Gasteiger partial charge in [0.1, 0.15) is 10.6 Å². The number of nitrogens with zero attached hydrogens (tertiary/aromatic N) is 2. The molecule has 2 saturated heterocycles. The molecule has 2 atom stereocenters. The molecule has 0 saturated carbocycles. The SMILES string of the molecule is O=C(O)C1CCN(C(=O)N2CCC3(S(=O)(=O)c4ccc(F)cc4)c4ccc(C(F)(C(F)(F)F)C(F)(F)F)cc4CC23)CC1. The Bertz CT molecular complexity index is 1540. The van der Waals surface area contributed by atoms with Crippen molar-refractivity contribution in [2.45, 2.75) is 59.4 Å². The maximum Gasteiger partial charge on any atom is 0.435 e. The van der Waals surface area contributed by atoms with Crippen molar-refractivity contribution in [3.8, 4) is 0 Å². The molecule has 2 aliphatic heterocycles. The number of hydrogen-bond acceptors (Lipinski definition) is 4. The van der Waals surface area contributed by atoms with Gasteiger partial charge in [0.05, 0.1) is 16.9 Å². The minimum absolute atomic E-state index is 0.0232. The van der Waals surface area contributed by atoms with E-state index in [1.165, 1.54) is 4.90 Å². The molecule has 2 fully saturated rings. The van der Waals surface area contributed by atoms with Crippen LogP contribution in [-0.2, 0) is 31.5 Å². The van der Waals surface area contributed by atoms with Crippen molar-refractivity contribution in [1.82, 2.24) is 9.80 Å². The molecular formula is C27H24F8N2O5S. The fourth-order valence-electron chi connectivity index (χ4n) is 6.55. The van der Waals surface area contributed by atoms with Gasteiger partial charge in [0.25, 0.3) is 0 Å². The van der Waals surface area contributed by atoms with Crippen molar-refractivity contribution in [1.29, 1.82) is 0 Å². The topological polar surface area (TPSA) is 95.0 Å². The van der Waals surface area contributed by atoms with Crippen molar-refractivity contribution >= 4 is 21.8 Å². The van der Waals surface area contributed by atoms with Crippen molar-refractivity contribution in [3.05, 3.63) is 65.0 Å². The van der Waals surface area contributed by atoms with Gasteiger partial charge in [-0.1, -0.05) is 18.2 Å². The summed E-state index contributed by atoms with van der Waals surface area (Å²) in [7, 11) is -4.58. The third-order valence-corrected chi connectivity index (χ3v) is 11.3. The van der Waals surface area contributed by atoms with E-state index in [-0.39, 0.29) is 56.1 Å². The fourth-order valence-corrected chi connectivity index (χ4v) is 8.88. The second kappa shape index (κ2) is 10.1. The maximum atomic E-state index is 14.9. The lowest BCUT2D eigenvalue weighted by atomic mass is 9.90. The lowest BCUT2D eigenvalue weighted by molar-refractivity contribution is -0.348. The van der Waals surface area contributed by atoms with Gasteiger partial charge in [0.15, 0.2) is 9.84 Å².